The molecule has 0 atom stereocenters. The Morgan fingerprint density at radius 1 is 0.833 bits per heavy atom. The SMILES string of the molecule is OP(O)(O)=S.[CH2-]CCC.[CH2-]CCCCCCC.[Zn+2]. The van der Waals surface area contributed by atoms with Crippen LogP contribution in [0, 0.1) is 13.8 Å². The molecule has 0 saturated carbocycles. The van der Waals surface area contributed by atoms with E-state index in [1.807, 2.05) is 0 Å². The van der Waals surface area contributed by atoms with Crippen molar-refractivity contribution in [2.24, 2.45) is 0 Å². The Balaban J connectivity index is -0.0000000855. The van der Waals surface area contributed by atoms with Gasteiger partial charge in [0.2, 0.25) is 0 Å². The zero-order valence-electron chi connectivity index (χ0n) is 12.0. The van der Waals surface area contributed by atoms with E-state index < -0.39 is 6.72 Å². The summed E-state index contributed by atoms with van der Waals surface area (Å²) in [6.07, 6.45) is 10.3. The summed E-state index contributed by atoms with van der Waals surface area (Å²) in [7, 11) is 0. The minimum absolute atomic E-state index is 0. The van der Waals surface area contributed by atoms with Crippen LogP contribution in [0.2, 0.25) is 0 Å². The molecule has 0 aliphatic rings. The first kappa shape index (κ1) is 27.5. The molecular formula is C12H29O3PSZn. The van der Waals surface area contributed by atoms with Gasteiger partial charge < -0.3 is 28.5 Å². The maximum Gasteiger partial charge on any atom is 2.00 e. The predicted molar refractivity (Wildman–Crippen MR) is 79.9 cm³/mol. The fourth-order valence-electron chi connectivity index (χ4n) is 0.780. The van der Waals surface area contributed by atoms with Crippen LogP contribution in [-0.4, -0.2) is 14.7 Å². The van der Waals surface area contributed by atoms with Crippen molar-refractivity contribution in [3.63, 3.8) is 0 Å². The fraction of sp³-hybridized carbons (Fsp3) is 0.833. The molecule has 0 bridgehead atoms. The van der Waals surface area contributed by atoms with Gasteiger partial charge in [-0.05, 0) is 11.8 Å². The molecule has 0 unspecified atom stereocenters. The standard InChI is InChI=1S/C8H17.C4H9.H3O3PS.Zn/c1-3-5-7-8-6-4-2;1-3-4-2;1-4(2,3)5;/h1,3-8H2,2H3;1,3-4H2,2H3;(H3,1,2,3,5);/q2*-1;;+2. The molecule has 3 nitrogen and oxygen atoms in total. The molecule has 6 heteroatoms. The Labute approximate surface area is 131 Å². The monoisotopic (exact) mass is 348 g/mol. The van der Waals surface area contributed by atoms with Crippen molar-refractivity contribution in [1.29, 1.82) is 0 Å². The number of rotatable bonds is 6. The first-order chi connectivity index (χ1) is 7.83. The van der Waals surface area contributed by atoms with Gasteiger partial charge >= 0.3 is 26.2 Å². The van der Waals surface area contributed by atoms with Crippen LogP contribution in [0.3, 0.4) is 0 Å². The Morgan fingerprint density at radius 3 is 1.39 bits per heavy atom. The molecule has 0 fully saturated rings. The molecule has 0 saturated heterocycles. The third-order valence-electron chi connectivity index (χ3n) is 1.71. The second kappa shape index (κ2) is 23.3. The molecule has 18 heavy (non-hydrogen) atoms. The van der Waals surface area contributed by atoms with Crippen LogP contribution < -0.4 is 0 Å². The van der Waals surface area contributed by atoms with Crippen LogP contribution in [0.5, 0.6) is 0 Å². The molecule has 0 spiro atoms. The molecule has 0 aromatic rings. The molecule has 0 amide bonds. The van der Waals surface area contributed by atoms with Gasteiger partial charge in [-0.2, -0.15) is 12.8 Å². The topological polar surface area (TPSA) is 60.7 Å². The van der Waals surface area contributed by atoms with Gasteiger partial charge in [-0.15, -0.1) is 0 Å². The summed E-state index contributed by atoms with van der Waals surface area (Å²) in [6, 6.07) is 0. The number of hydrogen-bond acceptors (Lipinski definition) is 1. The van der Waals surface area contributed by atoms with Crippen molar-refractivity contribution in [1.82, 2.24) is 0 Å². The van der Waals surface area contributed by atoms with Crippen molar-refractivity contribution < 1.29 is 34.2 Å². The van der Waals surface area contributed by atoms with Gasteiger partial charge in [0.15, 0.2) is 0 Å². The molecule has 0 aromatic heterocycles. The van der Waals surface area contributed by atoms with E-state index in [9.17, 15) is 0 Å². The van der Waals surface area contributed by atoms with Crippen molar-refractivity contribution in [3.8, 4) is 0 Å². The first-order valence-corrected chi connectivity index (χ1v) is 8.86. The summed E-state index contributed by atoms with van der Waals surface area (Å²) < 4.78 is 0. The minimum Gasteiger partial charge on any atom is -0.343 e. The summed E-state index contributed by atoms with van der Waals surface area (Å²) in [5, 5.41) is 0. The third kappa shape index (κ3) is 87.5. The van der Waals surface area contributed by atoms with Gasteiger partial charge in [0, 0.05) is 0 Å². The predicted octanol–water partition coefficient (Wildman–Crippen LogP) is 3.99. The van der Waals surface area contributed by atoms with Crippen LogP contribution in [0.1, 0.15) is 65.2 Å². The van der Waals surface area contributed by atoms with Crippen molar-refractivity contribution in [2.75, 3.05) is 0 Å². The maximum absolute atomic E-state index is 7.56. The summed E-state index contributed by atoms with van der Waals surface area (Å²) >= 11 is 3.60. The first-order valence-electron chi connectivity index (χ1n) is 6.20. The number of unbranched alkanes of at least 4 members (excludes halogenated alkanes) is 6. The summed E-state index contributed by atoms with van der Waals surface area (Å²) in [6.45, 7) is 7.94. The van der Waals surface area contributed by atoms with Crippen molar-refractivity contribution >= 4 is 18.5 Å². The van der Waals surface area contributed by atoms with E-state index in [1.165, 1.54) is 38.5 Å². The average molecular weight is 350 g/mol. The van der Waals surface area contributed by atoms with Gasteiger partial charge in [-0.3, -0.25) is 0 Å². The maximum atomic E-state index is 7.56. The Morgan fingerprint density at radius 2 is 1.17 bits per heavy atom. The largest absolute Gasteiger partial charge is 2.00 e. The average Bonchev–Trinajstić information content (AvgIpc) is 2.23. The Hall–Kier alpha value is 1.15. The molecule has 3 N–H and O–H groups in total. The zero-order valence-corrected chi connectivity index (χ0v) is 16.7. The summed E-state index contributed by atoms with van der Waals surface area (Å²) in [4.78, 5) is 22.7. The summed E-state index contributed by atoms with van der Waals surface area (Å²) in [5.74, 6) is 0. The minimum atomic E-state index is -3.81. The van der Waals surface area contributed by atoms with Crippen molar-refractivity contribution in [3.05, 3.63) is 13.8 Å². The summed E-state index contributed by atoms with van der Waals surface area (Å²) in [5.41, 5.74) is 0. The van der Waals surface area contributed by atoms with E-state index >= 15 is 0 Å². The van der Waals surface area contributed by atoms with Crippen LogP contribution in [0.4, 0.5) is 0 Å². The second-order valence-corrected chi connectivity index (χ2v) is 6.13. The smallest absolute Gasteiger partial charge is 0.343 e. The molecule has 0 heterocycles. The Bertz CT molecular complexity index is 149. The molecule has 0 radical (unpaired) electrons. The van der Waals surface area contributed by atoms with E-state index in [0.29, 0.717) is 0 Å². The van der Waals surface area contributed by atoms with Gasteiger partial charge in [0.25, 0.3) is 0 Å². The van der Waals surface area contributed by atoms with E-state index in [0.717, 1.165) is 12.8 Å². The quantitative estimate of drug-likeness (QED) is 0.294. The number of hydrogen-bond donors (Lipinski definition) is 3. The van der Waals surface area contributed by atoms with E-state index in [2.05, 4.69) is 39.5 Å². The fourth-order valence-corrected chi connectivity index (χ4v) is 0.780. The van der Waals surface area contributed by atoms with Crippen LogP contribution in [0.25, 0.3) is 0 Å². The van der Waals surface area contributed by atoms with Crippen LogP contribution >= 0.6 is 6.72 Å². The zero-order chi connectivity index (χ0) is 14.2. The Kier molecular flexibility index (Phi) is 35.5. The van der Waals surface area contributed by atoms with Crippen molar-refractivity contribution in [2.45, 2.75) is 65.2 Å². The molecule has 0 aromatic carbocycles. The molecular weight excluding hydrogens is 321 g/mol. The van der Waals surface area contributed by atoms with Gasteiger partial charge in [0.05, 0.1) is 0 Å². The molecule has 0 aliphatic carbocycles. The molecule has 108 valence electrons. The van der Waals surface area contributed by atoms with Gasteiger partial charge in [0.1, 0.15) is 0 Å². The van der Waals surface area contributed by atoms with E-state index in [-0.39, 0.29) is 19.5 Å². The van der Waals surface area contributed by atoms with Gasteiger partial charge in [-0.1, -0.05) is 52.4 Å². The van der Waals surface area contributed by atoms with Crippen LogP contribution in [-0.2, 0) is 31.3 Å². The third-order valence-corrected chi connectivity index (χ3v) is 1.71. The van der Waals surface area contributed by atoms with Gasteiger partial charge in [-0.25, -0.2) is 0 Å². The molecule has 0 aliphatic heterocycles. The second-order valence-electron chi connectivity index (χ2n) is 3.63. The normalized spacial score (nSPS) is 9.28. The van der Waals surface area contributed by atoms with E-state index in [4.69, 9.17) is 14.7 Å². The van der Waals surface area contributed by atoms with E-state index in [1.54, 1.807) is 0 Å². The molecule has 0 rings (SSSR count). The van der Waals surface area contributed by atoms with Crippen LogP contribution in [0.15, 0.2) is 0 Å².